The highest BCUT2D eigenvalue weighted by Crippen LogP contribution is 2.36. The molecule has 0 saturated heterocycles. The van der Waals surface area contributed by atoms with Gasteiger partial charge in [0.15, 0.2) is 0 Å². The summed E-state index contributed by atoms with van der Waals surface area (Å²) in [5.74, 6) is -0.857. The second kappa shape index (κ2) is 8.87. The van der Waals surface area contributed by atoms with E-state index in [-0.39, 0.29) is 5.91 Å². The minimum atomic E-state index is -0.498. The molecule has 0 fully saturated rings. The Balaban J connectivity index is 1.87. The summed E-state index contributed by atoms with van der Waals surface area (Å²) in [5.41, 5.74) is 3.81. The van der Waals surface area contributed by atoms with E-state index in [9.17, 15) is 9.59 Å². The van der Waals surface area contributed by atoms with Crippen LogP contribution in [-0.2, 0) is 9.53 Å². The number of benzene rings is 2. The number of aryl methyl sites for hydroxylation is 1. The third kappa shape index (κ3) is 4.50. The van der Waals surface area contributed by atoms with Gasteiger partial charge in [-0.1, -0.05) is 59.6 Å². The molecular formula is C22H18ClNO3S. The molecule has 1 aromatic heterocycles. The van der Waals surface area contributed by atoms with E-state index in [1.54, 1.807) is 12.1 Å². The average Bonchev–Trinajstić information content (AvgIpc) is 3.10. The van der Waals surface area contributed by atoms with E-state index in [4.69, 9.17) is 16.3 Å². The number of hydrogen-bond donors (Lipinski definition) is 1. The molecule has 1 N–H and O–H groups in total. The van der Waals surface area contributed by atoms with Gasteiger partial charge in [0.05, 0.1) is 7.11 Å². The fourth-order valence-electron chi connectivity index (χ4n) is 2.63. The molecule has 28 heavy (non-hydrogen) atoms. The molecule has 0 bridgehead atoms. The number of ether oxygens (including phenoxy) is 1. The van der Waals surface area contributed by atoms with Gasteiger partial charge >= 0.3 is 5.97 Å². The van der Waals surface area contributed by atoms with Gasteiger partial charge in [-0.3, -0.25) is 4.79 Å². The standard InChI is InChI=1S/C22H18ClNO3S/c1-14-7-9-15(10-8-14)17-13-28-21(20(17)22(26)27-2)24-19(25)12-11-16-5-3-4-6-18(16)23/h3-13H,1-2H3,(H,24,25). The molecule has 2 aromatic carbocycles. The Morgan fingerprint density at radius 2 is 1.82 bits per heavy atom. The molecule has 0 aliphatic carbocycles. The van der Waals surface area contributed by atoms with Crippen LogP contribution in [0.15, 0.2) is 60.0 Å². The number of methoxy groups -OCH3 is 1. The van der Waals surface area contributed by atoms with Crippen molar-refractivity contribution in [2.45, 2.75) is 6.92 Å². The Kier molecular flexibility index (Phi) is 6.29. The van der Waals surface area contributed by atoms with E-state index in [2.05, 4.69) is 5.32 Å². The molecule has 4 nitrogen and oxygen atoms in total. The van der Waals surface area contributed by atoms with Crippen molar-refractivity contribution in [1.29, 1.82) is 0 Å². The van der Waals surface area contributed by atoms with Gasteiger partial charge in [-0.25, -0.2) is 4.79 Å². The molecule has 0 saturated carbocycles. The predicted molar refractivity (Wildman–Crippen MR) is 115 cm³/mol. The van der Waals surface area contributed by atoms with Crippen molar-refractivity contribution in [3.63, 3.8) is 0 Å². The summed E-state index contributed by atoms with van der Waals surface area (Å²) >= 11 is 7.37. The number of carbonyl (C=O) groups excluding carboxylic acids is 2. The maximum absolute atomic E-state index is 12.4. The average molecular weight is 412 g/mol. The number of nitrogens with one attached hydrogen (secondary N) is 1. The Bertz CT molecular complexity index is 1040. The number of esters is 1. The van der Waals surface area contributed by atoms with E-state index in [0.717, 1.165) is 22.3 Å². The van der Waals surface area contributed by atoms with Gasteiger partial charge in [0, 0.05) is 22.0 Å². The van der Waals surface area contributed by atoms with Crippen LogP contribution in [0, 0.1) is 6.92 Å². The number of anilines is 1. The van der Waals surface area contributed by atoms with Crippen LogP contribution in [0.2, 0.25) is 5.02 Å². The molecule has 1 amide bonds. The van der Waals surface area contributed by atoms with Gasteiger partial charge in [-0.15, -0.1) is 11.3 Å². The zero-order chi connectivity index (χ0) is 20.1. The van der Waals surface area contributed by atoms with Crippen molar-refractivity contribution in [2.24, 2.45) is 0 Å². The summed E-state index contributed by atoms with van der Waals surface area (Å²) in [6.45, 7) is 2.00. The Morgan fingerprint density at radius 3 is 2.50 bits per heavy atom. The van der Waals surface area contributed by atoms with Crippen LogP contribution >= 0.6 is 22.9 Å². The van der Waals surface area contributed by atoms with Gasteiger partial charge < -0.3 is 10.1 Å². The third-order valence-electron chi connectivity index (χ3n) is 4.10. The highest BCUT2D eigenvalue weighted by molar-refractivity contribution is 7.15. The maximum atomic E-state index is 12.4. The molecule has 0 radical (unpaired) electrons. The number of carbonyl (C=O) groups is 2. The van der Waals surface area contributed by atoms with Gasteiger partial charge in [0.2, 0.25) is 5.91 Å². The lowest BCUT2D eigenvalue weighted by Gasteiger charge is -2.07. The molecule has 3 rings (SSSR count). The largest absolute Gasteiger partial charge is 0.465 e. The monoisotopic (exact) mass is 411 g/mol. The fourth-order valence-corrected chi connectivity index (χ4v) is 3.79. The smallest absolute Gasteiger partial charge is 0.341 e. The van der Waals surface area contributed by atoms with Crippen LogP contribution in [0.4, 0.5) is 5.00 Å². The second-order valence-corrected chi connectivity index (χ2v) is 7.34. The van der Waals surface area contributed by atoms with E-state index in [0.29, 0.717) is 15.6 Å². The molecule has 0 aliphatic rings. The van der Waals surface area contributed by atoms with Crippen LogP contribution < -0.4 is 5.32 Å². The molecule has 3 aromatic rings. The minimum absolute atomic E-state index is 0.343. The molecule has 0 atom stereocenters. The summed E-state index contributed by atoms with van der Waals surface area (Å²) in [4.78, 5) is 24.7. The summed E-state index contributed by atoms with van der Waals surface area (Å²) in [6, 6.07) is 15.0. The molecular weight excluding hydrogens is 394 g/mol. The zero-order valence-corrected chi connectivity index (χ0v) is 16.9. The Hall–Kier alpha value is -2.89. The SMILES string of the molecule is COC(=O)c1c(-c2ccc(C)cc2)csc1NC(=O)C=Cc1ccccc1Cl. The highest BCUT2D eigenvalue weighted by atomic mass is 35.5. The number of amides is 1. The van der Waals surface area contributed by atoms with Crippen molar-refractivity contribution in [3.05, 3.63) is 81.7 Å². The quantitative estimate of drug-likeness (QED) is 0.425. The molecule has 0 unspecified atom stereocenters. The highest BCUT2D eigenvalue weighted by Gasteiger charge is 2.21. The lowest BCUT2D eigenvalue weighted by Crippen LogP contribution is -2.11. The van der Waals surface area contributed by atoms with E-state index in [1.807, 2.05) is 54.8 Å². The van der Waals surface area contributed by atoms with Crippen LogP contribution in [0.3, 0.4) is 0 Å². The van der Waals surface area contributed by atoms with Crippen molar-refractivity contribution in [1.82, 2.24) is 0 Å². The van der Waals surface area contributed by atoms with Crippen LogP contribution in [-0.4, -0.2) is 19.0 Å². The van der Waals surface area contributed by atoms with Crippen molar-refractivity contribution >= 4 is 45.9 Å². The van der Waals surface area contributed by atoms with Crippen molar-refractivity contribution < 1.29 is 14.3 Å². The van der Waals surface area contributed by atoms with E-state index in [1.165, 1.54) is 24.5 Å². The van der Waals surface area contributed by atoms with E-state index < -0.39 is 5.97 Å². The van der Waals surface area contributed by atoms with Gasteiger partial charge in [-0.2, -0.15) is 0 Å². The van der Waals surface area contributed by atoms with Gasteiger partial charge in [0.1, 0.15) is 10.6 Å². The third-order valence-corrected chi connectivity index (χ3v) is 5.34. The first-order valence-electron chi connectivity index (χ1n) is 8.50. The predicted octanol–water partition coefficient (Wildman–Crippen LogP) is 5.82. The summed E-state index contributed by atoms with van der Waals surface area (Å²) < 4.78 is 4.93. The topological polar surface area (TPSA) is 55.4 Å². The lowest BCUT2D eigenvalue weighted by molar-refractivity contribution is -0.111. The fraction of sp³-hybridized carbons (Fsp3) is 0.0909. The van der Waals surface area contributed by atoms with Crippen LogP contribution in [0.5, 0.6) is 0 Å². The first-order chi connectivity index (χ1) is 13.5. The maximum Gasteiger partial charge on any atom is 0.341 e. The molecule has 6 heteroatoms. The summed E-state index contributed by atoms with van der Waals surface area (Å²) in [5, 5.41) is 5.60. The van der Waals surface area contributed by atoms with Gasteiger partial charge in [-0.05, 0) is 30.2 Å². The molecule has 0 spiro atoms. The second-order valence-electron chi connectivity index (χ2n) is 6.06. The number of hydrogen-bond acceptors (Lipinski definition) is 4. The van der Waals surface area contributed by atoms with Crippen LogP contribution in [0.1, 0.15) is 21.5 Å². The normalized spacial score (nSPS) is 10.8. The van der Waals surface area contributed by atoms with Crippen molar-refractivity contribution in [2.75, 3.05) is 12.4 Å². The molecule has 0 aliphatic heterocycles. The first-order valence-corrected chi connectivity index (χ1v) is 9.76. The summed E-state index contributed by atoms with van der Waals surface area (Å²) in [6.07, 6.45) is 3.01. The van der Waals surface area contributed by atoms with Crippen LogP contribution in [0.25, 0.3) is 17.2 Å². The Labute approximate surface area is 172 Å². The minimum Gasteiger partial charge on any atom is -0.465 e. The molecule has 1 heterocycles. The lowest BCUT2D eigenvalue weighted by atomic mass is 10.0. The van der Waals surface area contributed by atoms with E-state index >= 15 is 0 Å². The van der Waals surface area contributed by atoms with Gasteiger partial charge in [0.25, 0.3) is 0 Å². The number of rotatable bonds is 5. The summed E-state index contributed by atoms with van der Waals surface area (Å²) in [7, 11) is 1.32. The number of halogens is 1. The first kappa shape index (κ1) is 19.9. The van der Waals surface area contributed by atoms with Crippen molar-refractivity contribution in [3.8, 4) is 11.1 Å². The zero-order valence-electron chi connectivity index (χ0n) is 15.4. The molecule has 142 valence electrons. The number of thiophene rings is 1. The Morgan fingerprint density at radius 1 is 1.11 bits per heavy atom.